The van der Waals surface area contributed by atoms with Crippen molar-refractivity contribution < 1.29 is 9.18 Å². The zero-order valence-corrected chi connectivity index (χ0v) is 15.5. The normalized spacial score (nSPS) is 21.4. The molecule has 1 aromatic heterocycles. The van der Waals surface area contributed by atoms with Crippen molar-refractivity contribution in [2.45, 2.75) is 25.4 Å². The number of anilines is 1. The quantitative estimate of drug-likeness (QED) is 0.823. The van der Waals surface area contributed by atoms with E-state index < -0.39 is 0 Å². The molecule has 4 rings (SSSR count). The summed E-state index contributed by atoms with van der Waals surface area (Å²) in [6.45, 7) is 5.35. The highest BCUT2D eigenvalue weighted by atomic mass is 19.1. The number of aromatic nitrogens is 2. The molecule has 1 atom stereocenters. The number of piperidine rings is 1. The number of piperazine rings is 1. The lowest BCUT2D eigenvalue weighted by Crippen LogP contribution is -2.56. The fourth-order valence-electron chi connectivity index (χ4n) is 4.15. The Bertz CT molecular complexity index is 757. The molecule has 27 heavy (non-hydrogen) atoms. The van der Waals surface area contributed by atoms with Crippen LogP contribution >= 0.6 is 0 Å². The highest BCUT2D eigenvalue weighted by molar-refractivity contribution is 5.76. The van der Waals surface area contributed by atoms with Crippen molar-refractivity contribution in [3.63, 3.8) is 0 Å². The average molecular weight is 371 g/mol. The summed E-state index contributed by atoms with van der Waals surface area (Å²) in [5.74, 6) is -0.0209. The van der Waals surface area contributed by atoms with Gasteiger partial charge in [-0.15, -0.1) is 0 Å². The van der Waals surface area contributed by atoms with Crippen molar-refractivity contribution >= 4 is 11.6 Å². The zero-order valence-electron chi connectivity index (χ0n) is 15.5. The fourth-order valence-corrected chi connectivity index (χ4v) is 4.15. The van der Waals surface area contributed by atoms with Crippen molar-refractivity contribution in [3.05, 3.63) is 48.5 Å². The molecule has 3 heterocycles. The summed E-state index contributed by atoms with van der Waals surface area (Å²) in [4.78, 5) is 19.1. The molecule has 1 amide bonds. The van der Waals surface area contributed by atoms with E-state index in [0.717, 1.165) is 52.1 Å². The highest BCUT2D eigenvalue weighted by Gasteiger charge is 2.30. The summed E-state index contributed by atoms with van der Waals surface area (Å²) in [7, 11) is 0. The first kappa shape index (κ1) is 18.0. The Labute approximate surface area is 159 Å². The number of benzene rings is 1. The van der Waals surface area contributed by atoms with E-state index in [1.807, 2.05) is 29.3 Å². The third-order valence-corrected chi connectivity index (χ3v) is 5.63. The number of carbonyl (C=O) groups is 1. The van der Waals surface area contributed by atoms with Crippen molar-refractivity contribution in [2.24, 2.45) is 0 Å². The number of rotatable bonds is 4. The van der Waals surface area contributed by atoms with Crippen LogP contribution in [0.3, 0.4) is 0 Å². The molecule has 0 spiro atoms. The minimum Gasteiger partial charge on any atom is -0.367 e. The van der Waals surface area contributed by atoms with Crippen LogP contribution < -0.4 is 4.90 Å². The van der Waals surface area contributed by atoms with Gasteiger partial charge in [-0.05, 0) is 31.0 Å². The van der Waals surface area contributed by atoms with E-state index in [1.54, 1.807) is 16.9 Å². The van der Waals surface area contributed by atoms with Gasteiger partial charge in [-0.3, -0.25) is 14.4 Å². The monoisotopic (exact) mass is 371 g/mol. The van der Waals surface area contributed by atoms with Crippen LogP contribution in [0.5, 0.6) is 0 Å². The number of amides is 1. The van der Waals surface area contributed by atoms with Crippen molar-refractivity contribution in [1.82, 2.24) is 19.6 Å². The Morgan fingerprint density at radius 1 is 1.11 bits per heavy atom. The second-order valence-electron chi connectivity index (χ2n) is 7.31. The highest BCUT2D eigenvalue weighted by Crippen LogP contribution is 2.23. The predicted octanol–water partition coefficient (Wildman–Crippen LogP) is 1.84. The average Bonchev–Trinajstić information content (AvgIpc) is 3.22. The Kier molecular flexibility index (Phi) is 5.38. The van der Waals surface area contributed by atoms with Gasteiger partial charge in [-0.1, -0.05) is 12.1 Å². The number of hydrogen-bond acceptors (Lipinski definition) is 4. The molecule has 6 nitrogen and oxygen atoms in total. The first-order valence-electron chi connectivity index (χ1n) is 9.69. The Hall–Kier alpha value is -2.41. The molecule has 0 bridgehead atoms. The van der Waals surface area contributed by atoms with Crippen LogP contribution in [0.1, 0.15) is 12.8 Å². The first-order valence-corrected chi connectivity index (χ1v) is 9.69. The molecule has 7 heteroatoms. The summed E-state index contributed by atoms with van der Waals surface area (Å²) in [5.41, 5.74) is 0.692. The van der Waals surface area contributed by atoms with Crippen LogP contribution in [0.15, 0.2) is 42.7 Å². The summed E-state index contributed by atoms with van der Waals surface area (Å²) in [5, 5.41) is 4.13. The molecule has 0 N–H and O–H groups in total. The largest absolute Gasteiger partial charge is 0.367 e. The summed E-state index contributed by atoms with van der Waals surface area (Å²) < 4.78 is 15.7. The van der Waals surface area contributed by atoms with E-state index in [4.69, 9.17) is 0 Å². The van der Waals surface area contributed by atoms with Crippen LogP contribution in [-0.2, 0) is 11.3 Å². The molecular weight excluding hydrogens is 345 g/mol. The maximum atomic E-state index is 14.0. The van der Waals surface area contributed by atoms with Crippen LogP contribution in [-0.4, -0.2) is 70.8 Å². The van der Waals surface area contributed by atoms with E-state index in [0.29, 0.717) is 18.3 Å². The molecule has 144 valence electrons. The number of carbonyl (C=O) groups excluding carboxylic acids is 1. The van der Waals surface area contributed by atoms with Crippen LogP contribution in [0.4, 0.5) is 10.1 Å². The SMILES string of the molecule is O=C(Cn1cccn1)N1CCC[C@H](N2CCN(c3ccccc3F)CC2)C1. The summed E-state index contributed by atoms with van der Waals surface area (Å²) >= 11 is 0. The van der Waals surface area contributed by atoms with Gasteiger partial charge in [0.2, 0.25) is 5.91 Å². The molecular formula is C20H26FN5O. The van der Waals surface area contributed by atoms with Gasteiger partial charge in [0.1, 0.15) is 12.4 Å². The topological polar surface area (TPSA) is 44.6 Å². The number of likely N-dealkylation sites (tertiary alicyclic amines) is 1. The van der Waals surface area contributed by atoms with Gasteiger partial charge in [0.05, 0.1) is 5.69 Å². The molecule has 2 saturated heterocycles. The summed E-state index contributed by atoms with van der Waals surface area (Å²) in [6, 6.07) is 9.21. The Balaban J connectivity index is 1.32. The Morgan fingerprint density at radius 3 is 2.67 bits per heavy atom. The molecule has 0 unspecified atom stereocenters. The van der Waals surface area contributed by atoms with E-state index in [1.165, 1.54) is 6.07 Å². The lowest BCUT2D eigenvalue weighted by molar-refractivity contribution is -0.134. The molecule has 2 fully saturated rings. The van der Waals surface area contributed by atoms with E-state index >= 15 is 0 Å². The number of nitrogens with zero attached hydrogens (tertiary/aromatic N) is 5. The van der Waals surface area contributed by atoms with Crippen LogP contribution in [0, 0.1) is 5.82 Å². The van der Waals surface area contributed by atoms with Crippen LogP contribution in [0.25, 0.3) is 0 Å². The predicted molar refractivity (Wildman–Crippen MR) is 102 cm³/mol. The second kappa shape index (κ2) is 8.08. The minimum atomic E-state index is -0.154. The second-order valence-corrected chi connectivity index (χ2v) is 7.31. The van der Waals surface area contributed by atoms with Crippen molar-refractivity contribution in [1.29, 1.82) is 0 Å². The number of halogens is 1. The molecule has 0 radical (unpaired) electrons. The van der Waals surface area contributed by atoms with Gasteiger partial charge in [0, 0.05) is 57.7 Å². The molecule has 0 aliphatic carbocycles. The smallest absolute Gasteiger partial charge is 0.244 e. The first-order chi connectivity index (χ1) is 13.2. The van der Waals surface area contributed by atoms with Gasteiger partial charge in [-0.2, -0.15) is 5.10 Å². The summed E-state index contributed by atoms with van der Waals surface area (Å²) in [6.07, 6.45) is 5.66. The fraction of sp³-hybridized carbons (Fsp3) is 0.500. The third kappa shape index (κ3) is 4.13. The van der Waals surface area contributed by atoms with E-state index in [-0.39, 0.29) is 11.7 Å². The van der Waals surface area contributed by atoms with Crippen LogP contribution in [0.2, 0.25) is 0 Å². The molecule has 2 aliphatic rings. The molecule has 2 aromatic rings. The van der Waals surface area contributed by atoms with Gasteiger partial charge < -0.3 is 9.80 Å². The maximum Gasteiger partial charge on any atom is 0.244 e. The Morgan fingerprint density at radius 2 is 1.93 bits per heavy atom. The van der Waals surface area contributed by atoms with Gasteiger partial charge in [0.25, 0.3) is 0 Å². The lowest BCUT2D eigenvalue weighted by Gasteiger charge is -2.44. The maximum absolute atomic E-state index is 14.0. The zero-order chi connectivity index (χ0) is 18.6. The lowest BCUT2D eigenvalue weighted by atomic mass is 10.0. The molecule has 2 aliphatic heterocycles. The van der Waals surface area contributed by atoms with Gasteiger partial charge in [-0.25, -0.2) is 4.39 Å². The van der Waals surface area contributed by atoms with Crippen molar-refractivity contribution in [2.75, 3.05) is 44.2 Å². The number of hydrogen-bond donors (Lipinski definition) is 0. The van der Waals surface area contributed by atoms with Gasteiger partial charge in [0.15, 0.2) is 0 Å². The molecule has 0 saturated carbocycles. The number of para-hydroxylation sites is 1. The molecule has 1 aromatic carbocycles. The minimum absolute atomic E-state index is 0.133. The van der Waals surface area contributed by atoms with E-state index in [9.17, 15) is 9.18 Å². The van der Waals surface area contributed by atoms with Gasteiger partial charge >= 0.3 is 0 Å². The van der Waals surface area contributed by atoms with E-state index in [2.05, 4.69) is 14.9 Å². The third-order valence-electron chi connectivity index (χ3n) is 5.63. The van der Waals surface area contributed by atoms with Crippen molar-refractivity contribution in [3.8, 4) is 0 Å². The standard InChI is InChI=1S/C20H26FN5O/c21-18-6-1-2-7-19(18)24-13-11-23(12-14-24)17-5-3-9-25(15-17)20(27)16-26-10-4-8-22-26/h1-2,4,6-8,10,17H,3,5,9,11-16H2/t17-/m0/s1.